The highest BCUT2D eigenvalue weighted by Crippen LogP contribution is 2.45. The topological polar surface area (TPSA) is 92.2 Å². The standard InChI is InChI=1S/C19H12ClN3O2/c20-18-13(7-10-3-1-2-4-15(10)23-18)17-12-6-5-11(24)8-16(12)25-19(22)14(17)9-21/h1-8,17,24H,22H2. The van der Waals surface area contributed by atoms with Crippen LogP contribution in [0.5, 0.6) is 11.5 Å². The van der Waals surface area contributed by atoms with Crippen molar-refractivity contribution in [1.29, 1.82) is 5.26 Å². The van der Waals surface area contributed by atoms with E-state index in [-0.39, 0.29) is 17.2 Å². The number of halogens is 1. The third-order valence-corrected chi connectivity index (χ3v) is 4.52. The third kappa shape index (κ3) is 2.44. The van der Waals surface area contributed by atoms with E-state index >= 15 is 0 Å². The molecule has 0 bridgehead atoms. The molecule has 3 aromatic rings. The molecule has 2 aromatic carbocycles. The van der Waals surface area contributed by atoms with E-state index in [1.165, 1.54) is 12.1 Å². The number of nitriles is 1. The Morgan fingerprint density at radius 2 is 1.96 bits per heavy atom. The number of hydrogen-bond acceptors (Lipinski definition) is 5. The maximum Gasteiger partial charge on any atom is 0.205 e. The van der Waals surface area contributed by atoms with Gasteiger partial charge < -0.3 is 15.6 Å². The van der Waals surface area contributed by atoms with Crippen LogP contribution in [0.15, 0.2) is 60.0 Å². The number of rotatable bonds is 1. The molecule has 0 saturated heterocycles. The number of ether oxygens (including phenoxy) is 1. The highest BCUT2D eigenvalue weighted by molar-refractivity contribution is 6.30. The molecule has 3 N–H and O–H groups in total. The number of aromatic nitrogens is 1. The van der Waals surface area contributed by atoms with E-state index in [9.17, 15) is 10.4 Å². The van der Waals surface area contributed by atoms with E-state index in [1.54, 1.807) is 6.07 Å². The Kier molecular flexibility index (Phi) is 3.48. The average Bonchev–Trinajstić information content (AvgIpc) is 2.60. The number of phenolic OH excluding ortho intramolecular Hbond substituents is 1. The summed E-state index contributed by atoms with van der Waals surface area (Å²) in [5.74, 6) is -0.0760. The Bertz CT molecular complexity index is 1090. The number of phenols is 1. The van der Waals surface area contributed by atoms with Gasteiger partial charge in [-0.1, -0.05) is 35.9 Å². The fourth-order valence-corrected chi connectivity index (χ4v) is 3.33. The molecule has 5 nitrogen and oxygen atoms in total. The lowest BCUT2D eigenvalue weighted by Crippen LogP contribution is -2.21. The first kappa shape index (κ1) is 15.3. The maximum atomic E-state index is 9.71. The number of allylic oxidation sites excluding steroid dienone is 1. The highest BCUT2D eigenvalue weighted by atomic mass is 35.5. The number of aromatic hydroxyl groups is 1. The second-order valence-electron chi connectivity index (χ2n) is 5.71. The summed E-state index contributed by atoms with van der Waals surface area (Å²) in [5.41, 5.74) is 8.32. The molecule has 0 saturated carbocycles. The zero-order valence-corrected chi connectivity index (χ0v) is 13.7. The van der Waals surface area contributed by atoms with Crippen molar-refractivity contribution < 1.29 is 9.84 Å². The summed E-state index contributed by atoms with van der Waals surface area (Å²) in [6.45, 7) is 0. The molecule has 4 rings (SSSR count). The number of benzene rings is 2. The van der Waals surface area contributed by atoms with Crippen LogP contribution in [0.3, 0.4) is 0 Å². The van der Waals surface area contributed by atoms with Crippen molar-refractivity contribution in [2.45, 2.75) is 5.92 Å². The van der Waals surface area contributed by atoms with E-state index in [0.29, 0.717) is 22.0 Å². The van der Waals surface area contributed by atoms with Crippen molar-refractivity contribution in [3.05, 3.63) is 76.3 Å². The molecule has 1 unspecified atom stereocenters. The number of hydrogen-bond donors (Lipinski definition) is 2. The number of para-hydroxylation sites is 1. The van der Waals surface area contributed by atoms with Crippen molar-refractivity contribution in [2.24, 2.45) is 5.73 Å². The van der Waals surface area contributed by atoms with Crippen molar-refractivity contribution in [3.63, 3.8) is 0 Å². The first-order valence-corrected chi connectivity index (χ1v) is 7.92. The van der Waals surface area contributed by atoms with Gasteiger partial charge in [0.05, 0.1) is 11.4 Å². The summed E-state index contributed by atoms with van der Waals surface area (Å²) < 4.78 is 5.51. The molecule has 0 spiro atoms. The van der Waals surface area contributed by atoms with Gasteiger partial charge in [-0.2, -0.15) is 5.26 Å². The minimum absolute atomic E-state index is 0.00479. The van der Waals surface area contributed by atoms with Crippen molar-refractivity contribution in [3.8, 4) is 17.6 Å². The van der Waals surface area contributed by atoms with Gasteiger partial charge in [-0.15, -0.1) is 0 Å². The van der Waals surface area contributed by atoms with Crippen LogP contribution in [0.1, 0.15) is 17.0 Å². The minimum Gasteiger partial charge on any atom is -0.508 e. The summed E-state index contributed by atoms with van der Waals surface area (Å²) in [6, 6.07) is 16.3. The van der Waals surface area contributed by atoms with Crippen LogP contribution in [-0.4, -0.2) is 10.1 Å². The number of fused-ring (bicyclic) bond motifs is 2. The van der Waals surface area contributed by atoms with Crippen LogP contribution in [0.25, 0.3) is 10.9 Å². The van der Waals surface area contributed by atoms with Crippen molar-refractivity contribution in [1.82, 2.24) is 4.98 Å². The monoisotopic (exact) mass is 349 g/mol. The summed E-state index contributed by atoms with van der Waals surface area (Å²) >= 11 is 6.43. The molecule has 25 heavy (non-hydrogen) atoms. The van der Waals surface area contributed by atoms with Gasteiger partial charge in [-0.05, 0) is 18.2 Å². The molecule has 1 aromatic heterocycles. The van der Waals surface area contributed by atoms with Gasteiger partial charge >= 0.3 is 0 Å². The Labute approximate surface area is 148 Å². The molecule has 1 atom stereocenters. The van der Waals surface area contributed by atoms with Gasteiger partial charge in [-0.3, -0.25) is 0 Å². The Morgan fingerprint density at radius 3 is 2.76 bits per heavy atom. The zero-order chi connectivity index (χ0) is 17.6. The van der Waals surface area contributed by atoms with Gasteiger partial charge in [0.1, 0.15) is 28.3 Å². The van der Waals surface area contributed by atoms with Crippen molar-refractivity contribution >= 4 is 22.5 Å². The Hall–Kier alpha value is -3.23. The predicted octanol–water partition coefficient (Wildman–Crippen LogP) is 3.81. The van der Waals surface area contributed by atoms with Crippen LogP contribution in [0.2, 0.25) is 5.15 Å². The SMILES string of the molecule is N#CC1=C(N)Oc2cc(O)ccc2C1c1cc2ccccc2nc1Cl. The first-order valence-electron chi connectivity index (χ1n) is 7.54. The van der Waals surface area contributed by atoms with E-state index in [1.807, 2.05) is 30.3 Å². The number of nitrogens with zero attached hydrogens (tertiary/aromatic N) is 2. The second kappa shape index (κ2) is 5.69. The van der Waals surface area contributed by atoms with E-state index in [4.69, 9.17) is 22.1 Å². The number of nitrogens with two attached hydrogens (primary N) is 1. The van der Waals surface area contributed by atoms with E-state index < -0.39 is 5.92 Å². The summed E-state index contributed by atoms with van der Waals surface area (Å²) in [7, 11) is 0. The third-order valence-electron chi connectivity index (χ3n) is 4.22. The summed E-state index contributed by atoms with van der Waals surface area (Å²) in [6.07, 6.45) is 0. The Morgan fingerprint density at radius 1 is 1.16 bits per heavy atom. The smallest absolute Gasteiger partial charge is 0.205 e. The lowest BCUT2D eigenvalue weighted by molar-refractivity contribution is 0.388. The average molecular weight is 350 g/mol. The van der Waals surface area contributed by atoms with Gasteiger partial charge in [0, 0.05) is 22.6 Å². The largest absolute Gasteiger partial charge is 0.508 e. The number of pyridine rings is 1. The summed E-state index contributed by atoms with van der Waals surface area (Å²) in [5, 5.41) is 20.5. The lowest BCUT2D eigenvalue weighted by Gasteiger charge is -2.27. The van der Waals surface area contributed by atoms with E-state index in [2.05, 4.69) is 11.1 Å². The van der Waals surface area contributed by atoms with Crippen LogP contribution in [-0.2, 0) is 0 Å². The quantitative estimate of drug-likeness (QED) is 0.652. The van der Waals surface area contributed by atoms with Gasteiger partial charge in [0.15, 0.2) is 0 Å². The molecule has 2 heterocycles. The molecule has 122 valence electrons. The fraction of sp³-hybridized carbons (Fsp3) is 0.0526. The van der Waals surface area contributed by atoms with E-state index in [0.717, 1.165) is 10.9 Å². The molecule has 1 aliphatic heterocycles. The second-order valence-corrected chi connectivity index (χ2v) is 6.07. The van der Waals surface area contributed by atoms with Crippen LogP contribution in [0.4, 0.5) is 0 Å². The molecule has 0 amide bonds. The zero-order valence-electron chi connectivity index (χ0n) is 12.9. The highest BCUT2D eigenvalue weighted by Gasteiger charge is 2.32. The molecule has 6 heteroatoms. The van der Waals surface area contributed by atoms with Crippen LogP contribution in [0, 0.1) is 11.3 Å². The van der Waals surface area contributed by atoms with Gasteiger partial charge in [0.2, 0.25) is 5.88 Å². The molecular formula is C19H12ClN3O2. The van der Waals surface area contributed by atoms with Crippen LogP contribution < -0.4 is 10.5 Å². The molecule has 0 fully saturated rings. The molecule has 0 aliphatic carbocycles. The minimum atomic E-state index is -0.515. The normalized spacial score (nSPS) is 16.2. The first-order chi connectivity index (χ1) is 12.1. The van der Waals surface area contributed by atoms with Gasteiger partial charge in [0.25, 0.3) is 0 Å². The maximum absolute atomic E-state index is 9.71. The molecular weight excluding hydrogens is 338 g/mol. The molecule has 0 radical (unpaired) electrons. The fourth-order valence-electron chi connectivity index (χ4n) is 3.08. The lowest BCUT2D eigenvalue weighted by atomic mass is 9.84. The van der Waals surface area contributed by atoms with Crippen molar-refractivity contribution in [2.75, 3.05) is 0 Å². The Balaban J connectivity index is 2.00. The predicted molar refractivity (Wildman–Crippen MR) is 94.2 cm³/mol. The van der Waals surface area contributed by atoms with Crippen LogP contribution >= 0.6 is 11.6 Å². The van der Waals surface area contributed by atoms with Gasteiger partial charge in [-0.25, -0.2) is 4.98 Å². The summed E-state index contributed by atoms with van der Waals surface area (Å²) in [4.78, 5) is 4.44. The molecule has 1 aliphatic rings.